The zero-order chi connectivity index (χ0) is 23.6. The lowest BCUT2D eigenvalue weighted by molar-refractivity contribution is 0.101. The van der Waals surface area contributed by atoms with Gasteiger partial charge in [0.25, 0.3) is 11.8 Å². The van der Waals surface area contributed by atoms with Crippen molar-refractivity contribution in [1.29, 1.82) is 0 Å². The van der Waals surface area contributed by atoms with Crippen LogP contribution in [0.15, 0.2) is 71.2 Å². The van der Waals surface area contributed by atoms with E-state index < -0.39 is 0 Å². The Morgan fingerprint density at radius 3 is 2.33 bits per heavy atom. The highest BCUT2D eigenvalue weighted by Gasteiger charge is 2.15. The van der Waals surface area contributed by atoms with Crippen LogP contribution in [-0.2, 0) is 0 Å². The average molecular weight is 509 g/mol. The highest BCUT2D eigenvalue weighted by molar-refractivity contribution is 9.10. The molecular weight excluding hydrogens is 480 g/mol. The fraction of sp³-hybridized carbons (Fsp3) is 0.259. The number of amides is 2. The molecule has 0 fully saturated rings. The molecule has 5 nitrogen and oxygen atoms in total. The van der Waals surface area contributed by atoms with Crippen LogP contribution in [-0.4, -0.2) is 18.4 Å². The van der Waals surface area contributed by atoms with E-state index in [-0.39, 0.29) is 11.8 Å². The number of rotatable bonds is 10. The van der Waals surface area contributed by atoms with Crippen molar-refractivity contribution in [2.45, 2.75) is 39.5 Å². The van der Waals surface area contributed by atoms with Crippen molar-refractivity contribution < 1.29 is 14.3 Å². The minimum atomic E-state index is -0.295. The minimum Gasteiger partial charge on any atom is -0.493 e. The van der Waals surface area contributed by atoms with Crippen molar-refractivity contribution in [3.63, 3.8) is 0 Å². The second-order valence-electron chi connectivity index (χ2n) is 7.91. The molecule has 2 amide bonds. The van der Waals surface area contributed by atoms with E-state index >= 15 is 0 Å². The van der Waals surface area contributed by atoms with Crippen LogP contribution in [0.2, 0.25) is 0 Å². The molecule has 6 heteroatoms. The van der Waals surface area contributed by atoms with Gasteiger partial charge in [0, 0.05) is 21.4 Å². The van der Waals surface area contributed by atoms with E-state index in [1.807, 2.05) is 37.3 Å². The van der Waals surface area contributed by atoms with Crippen molar-refractivity contribution in [2.75, 3.05) is 17.2 Å². The highest BCUT2D eigenvalue weighted by Crippen LogP contribution is 2.25. The van der Waals surface area contributed by atoms with Crippen LogP contribution in [0.3, 0.4) is 0 Å². The first kappa shape index (κ1) is 24.5. The maximum atomic E-state index is 13.0. The molecular formula is C27H29BrN2O3. The summed E-state index contributed by atoms with van der Waals surface area (Å²) in [5.41, 5.74) is 3.21. The van der Waals surface area contributed by atoms with E-state index in [1.165, 1.54) is 6.42 Å². The van der Waals surface area contributed by atoms with Gasteiger partial charge in [-0.2, -0.15) is 0 Å². The molecule has 0 saturated heterocycles. The van der Waals surface area contributed by atoms with Crippen LogP contribution in [0.5, 0.6) is 5.75 Å². The van der Waals surface area contributed by atoms with Crippen LogP contribution < -0.4 is 15.4 Å². The van der Waals surface area contributed by atoms with Crippen molar-refractivity contribution in [2.24, 2.45) is 0 Å². The summed E-state index contributed by atoms with van der Waals surface area (Å²) in [7, 11) is 0. The zero-order valence-electron chi connectivity index (χ0n) is 19.0. The normalized spacial score (nSPS) is 10.5. The molecule has 0 aliphatic carbocycles. The van der Waals surface area contributed by atoms with Gasteiger partial charge in [0.05, 0.1) is 12.2 Å². The van der Waals surface area contributed by atoms with E-state index in [4.69, 9.17) is 4.74 Å². The van der Waals surface area contributed by atoms with Crippen LogP contribution in [0.25, 0.3) is 0 Å². The van der Waals surface area contributed by atoms with E-state index in [0.29, 0.717) is 29.2 Å². The SMILES string of the molecule is CCCCCCOc1ccc(Br)cc1C(=O)Nc1cccc(C(=O)Nc2cccc(C)c2)c1. The van der Waals surface area contributed by atoms with Gasteiger partial charge in [-0.15, -0.1) is 0 Å². The Morgan fingerprint density at radius 2 is 1.58 bits per heavy atom. The third-order valence-electron chi connectivity index (χ3n) is 5.10. The van der Waals surface area contributed by atoms with E-state index in [2.05, 4.69) is 33.5 Å². The molecule has 33 heavy (non-hydrogen) atoms. The summed E-state index contributed by atoms with van der Waals surface area (Å²) in [6, 6.07) is 19.9. The Morgan fingerprint density at radius 1 is 0.848 bits per heavy atom. The second kappa shape index (κ2) is 12.2. The van der Waals surface area contributed by atoms with Crippen LogP contribution in [0.1, 0.15) is 58.9 Å². The molecule has 0 aromatic heterocycles. The summed E-state index contributed by atoms with van der Waals surface area (Å²) in [4.78, 5) is 25.7. The largest absolute Gasteiger partial charge is 0.493 e. The molecule has 3 rings (SSSR count). The Labute approximate surface area is 203 Å². The predicted octanol–water partition coefficient (Wildman–Crippen LogP) is 7.22. The Balaban J connectivity index is 1.69. The number of ether oxygens (including phenoxy) is 1. The molecule has 0 radical (unpaired) electrons. The molecule has 0 bridgehead atoms. The van der Waals surface area contributed by atoms with E-state index in [1.54, 1.807) is 36.4 Å². The molecule has 0 aliphatic heterocycles. The summed E-state index contributed by atoms with van der Waals surface area (Å²) in [5, 5.41) is 5.77. The summed E-state index contributed by atoms with van der Waals surface area (Å²) < 4.78 is 6.68. The third kappa shape index (κ3) is 7.46. The van der Waals surface area contributed by atoms with Gasteiger partial charge in [0.1, 0.15) is 5.75 Å². The zero-order valence-corrected chi connectivity index (χ0v) is 20.6. The lowest BCUT2D eigenvalue weighted by Crippen LogP contribution is -2.16. The predicted molar refractivity (Wildman–Crippen MR) is 137 cm³/mol. The fourth-order valence-corrected chi connectivity index (χ4v) is 3.74. The first-order chi connectivity index (χ1) is 16.0. The van der Waals surface area contributed by atoms with Crippen molar-refractivity contribution in [3.05, 3.63) is 87.9 Å². The maximum Gasteiger partial charge on any atom is 0.259 e. The van der Waals surface area contributed by atoms with Gasteiger partial charge in [-0.05, 0) is 67.4 Å². The highest BCUT2D eigenvalue weighted by atomic mass is 79.9. The summed E-state index contributed by atoms with van der Waals surface area (Å²) in [6.45, 7) is 4.70. The monoisotopic (exact) mass is 508 g/mol. The summed E-state index contributed by atoms with van der Waals surface area (Å²) in [5.74, 6) is 0.00639. The maximum absolute atomic E-state index is 13.0. The number of benzene rings is 3. The number of hydrogen-bond acceptors (Lipinski definition) is 3. The quantitative estimate of drug-likeness (QED) is 0.284. The average Bonchev–Trinajstić information content (AvgIpc) is 2.80. The minimum absolute atomic E-state index is 0.241. The van der Waals surface area contributed by atoms with E-state index in [9.17, 15) is 9.59 Å². The molecule has 2 N–H and O–H groups in total. The van der Waals surface area contributed by atoms with Crippen molar-refractivity contribution >= 4 is 39.1 Å². The molecule has 0 saturated carbocycles. The standard InChI is InChI=1S/C27H29BrN2O3/c1-3-4-5-6-15-33-25-14-13-21(28)18-24(25)27(32)30-23-12-8-10-20(17-23)26(31)29-22-11-7-9-19(2)16-22/h7-14,16-18H,3-6,15H2,1-2H3,(H,29,31)(H,30,32). The molecule has 3 aromatic rings. The van der Waals surface area contributed by atoms with Crippen LogP contribution in [0, 0.1) is 6.92 Å². The molecule has 0 atom stereocenters. The van der Waals surface area contributed by atoms with Gasteiger partial charge in [0.15, 0.2) is 0 Å². The molecule has 0 heterocycles. The Hall–Kier alpha value is -3.12. The number of nitrogens with one attached hydrogen (secondary N) is 2. The van der Waals surface area contributed by atoms with Gasteiger partial charge < -0.3 is 15.4 Å². The third-order valence-corrected chi connectivity index (χ3v) is 5.59. The molecule has 172 valence electrons. The second-order valence-corrected chi connectivity index (χ2v) is 8.82. The van der Waals surface area contributed by atoms with Gasteiger partial charge in [0.2, 0.25) is 0 Å². The number of anilines is 2. The first-order valence-electron chi connectivity index (χ1n) is 11.2. The van der Waals surface area contributed by atoms with Gasteiger partial charge in [-0.3, -0.25) is 9.59 Å². The van der Waals surface area contributed by atoms with Gasteiger partial charge in [-0.25, -0.2) is 0 Å². The van der Waals surface area contributed by atoms with Crippen molar-refractivity contribution in [1.82, 2.24) is 0 Å². The topological polar surface area (TPSA) is 67.4 Å². The fourth-order valence-electron chi connectivity index (χ4n) is 3.38. The number of aryl methyl sites for hydroxylation is 1. The lowest BCUT2D eigenvalue weighted by atomic mass is 10.1. The van der Waals surface area contributed by atoms with Gasteiger partial charge in [-0.1, -0.05) is 60.3 Å². The van der Waals surface area contributed by atoms with Crippen LogP contribution in [0.4, 0.5) is 11.4 Å². The molecule has 0 aliphatic rings. The van der Waals surface area contributed by atoms with Crippen LogP contribution >= 0.6 is 15.9 Å². The Kier molecular flexibility index (Phi) is 9.07. The first-order valence-corrected chi connectivity index (χ1v) is 12.0. The molecule has 0 spiro atoms. The number of hydrogen-bond donors (Lipinski definition) is 2. The summed E-state index contributed by atoms with van der Waals surface area (Å²) >= 11 is 3.43. The molecule has 3 aromatic carbocycles. The van der Waals surface area contributed by atoms with Crippen molar-refractivity contribution in [3.8, 4) is 5.75 Å². The number of halogens is 1. The number of unbranched alkanes of at least 4 members (excludes halogenated alkanes) is 3. The number of carbonyl (C=O) groups is 2. The van der Waals surface area contributed by atoms with E-state index in [0.717, 1.165) is 35.0 Å². The smallest absolute Gasteiger partial charge is 0.259 e. The Bertz CT molecular complexity index is 1110. The summed E-state index contributed by atoms with van der Waals surface area (Å²) in [6.07, 6.45) is 4.38. The molecule has 0 unspecified atom stereocenters. The lowest BCUT2D eigenvalue weighted by Gasteiger charge is -2.13. The van der Waals surface area contributed by atoms with Gasteiger partial charge >= 0.3 is 0 Å². The number of carbonyl (C=O) groups excluding carboxylic acids is 2.